The summed E-state index contributed by atoms with van der Waals surface area (Å²) in [6.45, 7) is 1.32. The van der Waals surface area contributed by atoms with Crippen molar-refractivity contribution in [3.63, 3.8) is 0 Å². The summed E-state index contributed by atoms with van der Waals surface area (Å²) in [5, 5.41) is 8.11. The van der Waals surface area contributed by atoms with Crippen molar-refractivity contribution in [2.75, 3.05) is 26.7 Å². The zero-order chi connectivity index (χ0) is 7.98. The van der Waals surface area contributed by atoms with Gasteiger partial charge in [0, 0.05) is 19.5 Å². The molecule has 0 aromatic rings. The molecular weight excluding hydrogens is 154 g/mol. The van der Waals surface area contributed by atoms with Gasteiger partial charge in [-0.15, -0.1) is 0 Å². The smallest absolute Gasteiger partial charge is 0.222 e. The molecule has 0 aliphatic carbocycles. The Labute approximate surface area is 65.6 Å². The van der Waals surface area contributed by atoms with Gasteiger partial charge < -0.3 is 10.0 Å². The molecule has 0 heterocycles. The Morgan fingerprint density at radius 2 is 2.20 bits per heavy atom. The van der Waals surface area contributed by atoms with Crippen molar-refractivity contribution in [1.29, 1.82) is 0 Å². The first kappa shape index (κ1) is 9.88. The fourth-order valence-electron chi connectivity index (χ4n) is 0.561. The molecule has 0 radical (unpaired) electrons. The molecule has 0 aliphatic heterocycles. The van der Waals surface area contributed by atoms with Crippen molar-refractivity contribution >= 4 is 16.8 Å². The molecule has 0 fully saturated rings. The lowest BCUT2D eigenvalue weighted by atomic mass is 10.4. The van der Waals surface area contributed by atoms with E-state index in [0.29, 0.717) is 19.5 Å². The molecule has 1 N–H and O–H groups in total. The van der Waals surface area contributed by atoms with Gasteiger partial charge in [0.25, 0.3) is 0 Å². The highest BCUT2D eigenvalue weighted by atomic mass is 35.5. The molecule has 60 valence electrons. The third-order valence-electron chi connectivity index (χ3n) is 1.17. The minimum Gasteiger partial charge on any atom is -0.395 e. The van der Waals surface area contributed by atoms with Crippen LogP contribution in [0.3, 0.4) is 0 Å². The average Bonchev–Trinajstić information content (AvgIpc) is 1.85. The number of aliphatic hydroxyl groups excluding tert-OH is 1. The quantitative estimate of drug-likeness (QED) is 0.586. The van der Waals surface area contributed by atoms with Crippen LogP contribution in [0.2, 0.25) is 0 Å². The van der Waals surface area contributed by atoms with E-state index >= 15 is 0 Å². The third-order valence-corrected chi connectivity index (χ3v) is 1.36. The Hall–Kier alpha value is -0.120. The molecule has 4 heteroatoms. The third kappa shape index (κ3) is 6.01. The van der Waals surface area contributed by atoms with Crippen LogP contribution in [0.25, 0.3) is 0 Å². The molecule has 0 spiro atoms. The van der Waals surface area contributed by atoms with E-state index in [9.17, 15) is 4.79 Å². The van der Waals surface area contributed by atoms with Gasteiger partial charge in [-0.25, -0.2) is 0 Å². The topological polar surface area (TPSA) is 40.5 Å². The summed E-state index contributed by atoms with van der Waals surface area (Å²) in [4.78, 5) is 12.1. The van der Waals surface area contributed by atoms with Gasteiger partial charge in [-0.3, -0.25) is 4.79 Å². The van der Waals surface area contributed by atoms with Gasteiger partial charge in [0.2, 0.25) is 5.24 Å². The lowest BCUT2D eigenvalue weighted by Crippen LogP contribution is -2.24. The Bertz CT molecular complexity index is 108. The van der Waals surface area contributed by atoms with Crippen molar-refractivity contribution in [2.24, 2.45) is 0 Å². The van der Waals surface area contributed by atoms with Gasteiger partial charge in [0.05, 0.1) is 6.61 Å². The molecular formula is C6H12ClNO2. The van der Waals surface area contributed by atoms with Crippen LogP contribution in [-0.4, -0.2) is 42.0 Å². The number of halogens is 1. The molecule has 10 heavy (non-hydrogen) atoms. The second-order valence-corrected chi connectivity index (χ2v) is 2.55. The number of carbonyl (C=O) groups is 1. The minimum absolute atomic E-state index is 0.118. The maximum atomic E-state index is 10.2. The van der Waals surface area contributed by atoms with Crippen LogP contribution in [0.4, 0.5) is 0 Å². The van der Waals surface area contributed by atoms with Gasteiger partial charge in [-0.2, -0.15) is 0 Å². The second-order valence-electron chi connectivity index (χ2n) is 2.13. The van der Waals surface area contributed by atoms with Crippen molar-refractivity contribution in [2.45, 2.75) is 6.42 Å². The van der Waals surface area contributed by atoms with E-state index in [1.165, 1.54) is 0 Å². The highest BCUT2D eigenvalue weighted by Gasteiger charge is 1.99. The first-order valence-electron chi connectivity index (χ1n) is 3.14. The Morgan fingerprint density at radius 1 is 1.60 bits per heavy atom. The van der Waals surface area contributed by atoms with Crippen molar-refractivity contribution in [3.05, 3.63) is 0 Å². The monoisotopic (exact) mass is 165 g/mol. The number of rotatable bonds is 5. The number of nitrogens with zero attached hydrogens (tertiary/aromatic N) is 1. The standard InChI is InChI=1S/C6H12ClNO2/c1-8(4-5-9)3-2-6(7)10/h9H,2-5H2,1H3. The van der Waals surface area contributed by atoms with Crippen LogP contribution < -0.4 is 0 Å². The fourth-order valence-corrected chi connectivity index (χ4v) is 0.646. The highest BCUT2D eigenvalue weighted by Crippen LogP contribution is 1.90. The summed E-state index contributed by atoms with van der Waals surface area (Å²) in [6, 6.07) is 0. The normalized spacial score (nSPS) is 10.4. The number of likely N-dealkylation sites (N-methyl/N-ethyl adjacent to an activating group) is 1. The molecule has 0 atom stereocenters. The SMILES string of the molecule is CN(CCO)CCC(=O)Cl. The Kier molecular flexibility index (Phi) is 5.58. The van der Waals surface area contributed by atoms with E-state index < -0.39 is 0 Å². The van der Waals surface area contributed by atoms with Gasteiger partial charge in [0.15, 0.2) is 0 Å². The maximum absolute atomic E-state index is 10.2. The van der Waals surface area contributed by atoms with Crippen LogP contribution >= 0.6 is 11.6 Å². The first-order chi connectivity index (χ1) is 4.66. The summed E-state index contributed by atoms with van der Waals surface area (Å²) >= 11 is 5.09. The van der Waals surface area contributed by atoms with E-state index in [0.717, 1.165) is 0 Å². The minimum atomic E-state index is -0.329. The van der Waals surface area contributed by atoms with Gasteiger partial charge in [-0.1, -0.05) is 0 Å². The van der Waals surface area contributed by atoms with E-state index in [2.05, 4.69) is 0 Å². The molecule has 0 aliphatic rings. The molecule has 0 rings (SSSR count). The predicted octanol–water partition coefficient (Wildman–Crippen LogP) is 0.0660. The predicted molar refractivity (Wildman–Crippen MR) is 40.1 cm³/mol. The Morgan fingerprint density at radius 3 is 2.60 bits per heavy atom. The lowest BCUT2D eigenvalue weighted by molar-refractivity contribution is -0.111. The molecule has 3 nitrogen and oxygen atoms in total. The van der Waals surface area contributed by atoms with Crippen molar-refractivity contribution in [3.8, 4) is 0 Å². The molecule has 0 bridgehead atoms. The molecule has 0 saturated carbocycles. The average molecular weight is 166 g/mol. The van der Waals surface area contributed by atoms with Crippen LogP contribution in [0, 0.1) is 0 Å². The maximum Gasteiger partial charge on any atom is 0.222 e. The van der Waals surface area contributed by atoms with Gasteiger partial charge >= 0.3 is 0 Å². The molecule has 0 unspecified atom stereocenters. The first-order valence-corrected chi connectivity index (χ1v) is 3.52. The van der Waals surface area contributed by atoms with Crippen molar-refractivity contribution in [1.82, 2.24) is 4.90 Å². The van der Waals surface area contributed by atoms with Gasteiger partial charge in [0.1, 0.15) is 0 Å². The molecule has 0 saturated heterocycles. The van der Waals surface area contributed by atoms with Crippen LogP contribution in [0.5, 0.6) is 0 Å². The zero-order valence-corrected chi connectivity index (χ0v) is 6.76. The molecule has 0 aromatic carbocycles. The van der Waals surface area contributed by atoms with E-state index in [1.54, 1.807) is 0 Å². The lowest BCUT2D eigenvalue weighted by Gasteiger charge is -2.12. The van der Waals surface area contributed by atoms with Crippen LogP contribution in [-0.2, 0) is 4.79 Å². The zero-order valence-electron chi connectivity index (χ0n) is 6.01. The van der Waals surface area contributed by atoms with Gasteiger partial charge in [-0.05, 0) is 18.6 Å². The largest absolute Gasteiger partial charge is 0.395 e. The van der Waals surface area contributed by atoms with Crippen LogP contribution in [0.1, 0.15) is 6.42 Å². The molecule has 0 aromatic heterocycles. The second kappa shape index (κ2) is 5.65. The summed E-state index contributed by atoms with van der Waals surface area (Å²) in [6.07, 6.45) is 0.345. The summed E-state index contributed by atoms with van der Waals surface area (Å²) in [5.41, 5.74) is 0. The fraction of sp³-hybridized carbons (Fsp3) is 0.833. The number of aliphatic hydroxyl groups is 1. The number of carbonyl (C=O) groups excluding carboxylic acids is 1. The molecule has 0 amide bonds. The number of hydrogen-bond acceptors (Lipinski definition) is 3. The van der Waals surface area contributed by atoms with Crippen LogP contribution in [0.15, 0.2) is 0 Å². The Balaban J connectivity index is 3.21. The summed E-state index contributed by atoms with van der Waals surface area (Å²) in [5.74, 6) is 0. The van der Waals surface area contributed by atoms with Crippen molar-refractivity contribution < 1.29 is 9.90 Å². The number of hydrogen-bond donors (Lipinski definition) is 1. The summed E-state index contributed by atoms with van der Waals surface area (Å²) < 4.78 is 0. The van der Waals surface area contributed by atoms with E-state index in [1.807, 2.05) is 11.9 Å². The highest BCUT2D eigenvalue weighted by molar-refractivity contribution is 6.63. The van der Waals surface area contributed by atoms with E-state index in [4.69, 9.17) is 16.7 Å². The summed E-state index contributed by atoms with van der Waals surface area (Å²) in [7, 11) is 1.83. The van der Waals surface area contributed by atoms with E-state index in [-0.39, 0.29) is 11.8 Å².